The molecule has 0 spiro atoms. The van der Waals surface area contributed by atoms with Crippen LogP contribution >= 0.6 is 11.3 Å². The lowest BCUT2D eigenvalue weighted by Crippen LogP contribution is -2.32. The minimum Gasteiger partial charge on any atom is -0.349 e. The van der Waals surface area contributed by atoms with E-state index in [4.69, 9.17) is 0 Å². The Bertz CT molecular complexity index is 1210. The third kappa shape index (κ3) is 3.41. The number of nitrogens with one attached hydrogen (secondary N) is 1. The van der Waals surface area contributed by atoms with Crippen LogP contribution in [0.3, 0.4) is 0 Å². The van der Waals surface area contributed by atoms with Crippen LogP contribution in [0.1, 0.15) is 15.4 Å². The van der Waals surface area contributed by atoms with Crippen molar-refractivity contribution in [1.82, 2.24) is 29.9 Å². The zero-order valence-corrected chi connectivity index (χ0v) is 15.6. The van der Waals surface area contributed by atoms with Crippen LogP contribution in [0.4, 0.5) is 4.39 Å². The summed E-state index contributed by atoms with van der Waals surface area (Å²) >= 11 is 1.28. The van der Waals surface area contributed by atoms with E-state index in [-0.39, 0.29) is 24.4 Å². The second kappa shape index (κ2) is 7.31. The monoisotopic (exact) mass is 398 g/mol. The fraction of sp³-hybridized carbons (Fsp3) is 0.167. The SMILES string of the molecule is Cc1nc(-n2cccc2)sc1C(=O)NCCn1nnc2ccc(F)cc2c1=O. The lowest BCUT2D eigenvalue weighted by atomic mass is 10.2. The van der Waals surface area contributed by atoms with Crippen LogP contribution in [0.15, 0.2) is 47.5 Å². The fourth-order valence-corrected chi connectivity index (χ4v) is 3.67. The molecule has 0 aliphatic carbocycles. The highest BCUT2D eigenvalue weighted by molar-refractivity contribution is 7.16. The second-order valence-electron chi connectivity index (χ2n) is 6.04. The van der Waals surface area contributed by atoms with Crippen LogP contribution in [0.5, 0.6) is 0 Å². The summed E-state index contributed by atoms with van der Waals surface area (Å²) in [5.74, 6) is -0.794. The van der Waals surface area contributed by atoms with E-state index in [1.165, 1.54) is 23.5 Å². The Balaban J connectivity index is 1.46. The quantitative estimate of drug-likeness (QED) is 0.554. The second-order valence-corrected chi connectivity index (χ2v) is 7.01. The number of hydrogen-bond acceptors (Lipinski definition) is 6. The normalized spacial score (nSPS) is 11.1. The van der Waals surface area contributed by atoms with Gasteiger partial charge in [-0.1, -0.05) is 16.6 Å². The standard InChI is InChI=1S/C18H15FN6O2S/c1-11-15(28-18(21-11)24-7-2-3-8-24)16(26)20-6-9-25-17(27)13-10-12(19)4-5-14(13)22-23-25/h2-5,7-8,10H,6,9H2,1H3,(H,20,26). The summed E-state index contributed by atoms with van der Waals surface area (Å²) in [5, 5.41) is 11.3. The van der Waals surface area contributed by atoms with Crippen LogP contribution < -0.4 is 10.9 Å². The molecule has 142 valence electrons. The van der Waals surface area contributed by atoms with E-state index >= 15 is 0 Å². The summed E-state index contributed by atoms with van der Waals surface area (Å²) in [4.78, 5) is 29.8. The number of fused-ring (bicyclic) bond motifs is 1. The van der Waals surface area contributed by atoms with Gasteiger partial charge in [-0.05, 0) is 37.3 Å². The minimum absolute atomic E-state index is 0.117. The molecule has 1 N–H and O–H groups in total. The molecule has 3 heterocycles. The van der Waals surface area contributed by atoms with Gasteiger partial charge in [-0.25, -0.2) is 14.1 Å². The topological polar surface area (TPSA) is 94.7 Å². The van der Waals surface area contributed by atoms with E-state index in [0.29, 0.717) is 21.2 Å². The van der Waals surface area contributed by atoms with Crippen molar-refractivity contribution in [3.63, 3.8) is 0 Å². The molecule has 0 aliphatic heterocycles. The number of halogens is 1. The Morgan fingerprint density at radius 2 is 2.07 bits per heavy atom. The van der Waals surface area contributed by atoms with Gasteiger partial charge in [0.1, 0.15) is 16.2 Å². The number of carbonyl (C=O) groups excluding carboxylic acids is 1. The molecule has 28 heavy (non-hydrogen) atoms. The third-order valence-electron chi connectivity index (χ3n) is 4.11. The molecule has 3 aromatic heterocycles. The van der Waals surface area contributed by atoms with Gasteiger partial charge in [0.05, 0.1) is 17.6 Å². The smallest absolute Gasteiger partial charge is 0.277 e. The van der Waals surface area contributed by atoms with E-state index in [2.05, 4.69) is 20.6 Å². The van der Waals surface area contributed by atoms with Gasteiger partial charge in [-0.15, -0.1) is 5.10 Å². The Morgan fingerprint density at radius 3 is 2.86 bits per heavy atom. The first-order valence-electron chi connectivity index (χ1n) is 8.45. The number of aryl methyl sites for hydroxylation is 1. The molecule has 0 saturated carbocycles. The summed E-state index contributed by atoms with van der Waals surface area (Å²) < 4.78 is 16.3. The molecule has 0 radical (unpaired) electrons. The Labute approximate surface area is 162 Å². The molecule has 8 nitrogen and oxygen atoms in total. The maximum absolute atomic E-state index is 13.4. The number of rotatable bonds is 5. The number of amides is 1. The predicted octanol–water partition coefficient (Wildman–Crippen LogP) is 1.92. The number of thiazole rings is 1. The van der Waals surface area contributed by atoms with Gasteiger partial charge in [-0.2, -0.15) is 0 Å². The van der Waals surface area contributed by atoms with Crippen molar-refractivity contribution >= 4 is 28.1 Å². The predicted molar refractivity (Wildman–Crippen MR) is 102 cm³/mol. The molecule has 10 heteroatoms. The van der Waals surface area contributed by atoms with Crippen molar-refractivity contribution in [2.24, 2.45) is 0 Å². The summed E-state index contributed by atoms with van der Waals surface area (Å²) in [6.07, 6.45) is 3.71. The number of carbonyl (C=O) groups is 1. The maximum atomic E-state index is 13.4. The Morgan fingerprint density at radius 1 is 1.29 bits per heavy atom. The average molecular weight is 398 g/mol. The van der Waals surface area contributed by atoms with Crippen molar-refractivity contribution in [2.75, 3.05) is 6.54 Å². The van der Waals surface area contributed by atoms with E-state index < -0.39 is 11.4 Å². The molecular formula is C18H15FN6O2S. The van der Waals surface area contributed by atoms with Gasteiger partial charge in [0.15, 0.2) is 5.13 Å². The zero-order valence-electron chi connectivity index (χ0n) is 14.8. The van der Waals surface area contributed by atoms with E-state index in [1.807, 2.05) is 29.1 Å². The molecular weight excluding hydrogens is 383 g/mol. The van der Waals surface area contributed by atoms with Crippen LogP contribution in [0.25, 0.3) is 16.0 Å². The number of aromatic nitrogens is 5. The molecule has 0 atom stereocenters. The van der Waals surface area contributed by atoms with Gasteiger partial charge in [0.2, 0.25) is 0 Å². The first-order valence-corrected chi connectivity index (χ1v) is 9.26. The van der Waals surface area contributed by atoms with Crippen molar-refractivity contribution < 1.29 is 9.18 Å². The molecule has 4 aromatic rings. The lowest BCUT2D eigenvalue weighted by molar-refractivity contribution is 0.0955. The number of hydrogen-bond donors (Lipinski definition) is 1. The van der Waals surface area contributed by atoms with Crippen LogP contribution in [-0.4, -0.2) is 37.0 Å². The number of nitrogens with zero attached hydrogens (tertiary/aromatic N) is 5. The molecule has 0 unspecified atom stereocenters. The summed E-state index contributed by atoms with van der Waals surface area (Å²) in [7, 11) is 0. The highest BCUT2D eigenvalue weighted by Crippen LogP contribution is 2.21. The molecule has 0 fully saturated rings. The van der Waals surface area contributed by atoms with Gasteiger partial charge in [-0.3, -0.25) is 9.59 Å². The minimum atomic E-state index is -0.517. The highest BCUT2D eigenvalue weighted by Gasteiger charge is 2.16. The maximum Gasteiger partial charge on any atom is 0.277 e. The Hall–Kier alpha value is -3.40. The van der Waals surface area contributed by atoms with E-state index in [1.54, 1.807) is 6.92 Å². The molecule has 4 rings (SSSR count). The van der Waals surface area contributed by atoms with Gasteiger partial charge < -0.3 is 9.88 Å². The summed E-state index contributed by atoms with van der Waals surface area (Å²) in [6.45, 7) is 2.06. The van der Waals surface area contributed by atoms with Crippen LogP contribution in [0, 0.1) is 12.7 Å². The fourth-order valence-electron chi connectivity index (χ4n) is 2.72. The van der Waals surface area contributed by atoms with Gasteiger partial charge >= 0.3 is 0 Å². The largest absolute Gasteiger partial charge is 0.349 e. The van der Waals surface area contributed by atoms with Gasteiger partial charge in [0.25, 0.3) is 11.5 Å². The van der Waals surface area contributed by atoms with Crippen molar-refractivity contribution in [3.8, 4) is 5.13 Å². The van der Waals surface area contributed by atoms with Crippen LogP contribution in [-0.2, 0) is 6.54 Å². The Kier molecular flexibility index (Phi) is 4.70. The van der Waals surface area contributed by atoms with Crippen molar-refractivity contribution in [1.29, 1.82) is 0 Å². The lowest BCUT2D eigenvalue weighted by Gasteiger charge is -2.06. The summed E-state index contributed by atoms with van der Waals surface area (Å²) in [5.41, 5.74) is 0.497. The number of benzene rings is 1. The summed E-state index contributed by atoms with van der Waals surface area (Å²) in [6, 6.07) is 7.51. The van der Waals surface area contributed by atoms with Crippen LogP contribution in [0.2, 0.25) is 0 Å². The van der Waals surface area contributed by atoms with Crippen molar-refractivity contribution in [3.05, 3.63) is 69.5 Å². The third-order valence-corrected chi connectivity index (χ3v) is 5.28. The average Bonchev–Trinajstić information content (AvgIpc) is 3.33. The first-order chi connectivity index (χ1) is 13.5. The van der Waals surface area contributed by atoms with E-state index in [0.717, 1.165) is 10.7 Å². The van der Waals surface area contributed by atoms with Crippen molar-refractivity contribution in [2.45, 2.75) is 13.5 Å². The molecule has 1 aromatic carbocycles. The first kappa shape index (κ1) is 18.0. The molecule has 0 saturated heterocycles. The van der Waals surface area contributed by atoms with Gasteiger partial charge in [0, 0.05) is 18.9 Å². The van der Waals surface area contributed by atoms with E-state index in [9.17, 15) is 14.0 Å². The molecule has 0 bridgehead atoms. The highest BCUT2D eigenvalue weighted by atomic mass is 32.1. The zero-order chi connectivity index (χ0) is 19.7. The molecule has 1 amide bonds. The molecule has 0 aliphatic rings.